The number of carbonyl (C=O) groups is 1. The van der Waals surface area contributed by atoms with Gasteiger partial charge in [0.25, 0.3) is 0 Å². The molecule has 2 aromatic heterocycles. The first-order valence-corrected chi connectivity index (χ1v) is 13.1. The van der Waals surface area contributed by atoms with E-state index in [0.717, 1.165) is 91.1 Å². The highest BCUT2D eigenvalue weighted by atomic mass is 16.5. The zero-order chi connectivity index (χ0) is 26.8. The van der Waals surface area contributed by atoms with E-state index in [2.05, 4.69) is 34.0 Å². The number of aldehydes is 1. The predicted molar refractivity (Wildman–Crippen MR) is 154 cm³/mol. The van der Waals surface area contributed by atoms with Gasteiger partial charge in [0.2, 0.25) is 0 Å². The van der Waals surface area contributed by atoms with Crippen molar-refractivity contribution in [1.29, 1.82) is 0 Å². The molecule has 2 rings (SSSR count). The minimum Gasteiger partial charge on any atom is -0.499 e. The first-order valence-electron chi connectivity index (χ1n) is 13.1. The molecule has 0 aliphatic carbocycles. The Labute approximate surface area is 218 Å². The summed E-state index contributed by atoms with van der Waals surface area (Å²) in [7, 11) is 1.90. The molecule has 0 bridgehead atoms. The van der Waals surface area contributed by atoms with E-state index >= 15 is 0 Å². The number of aromatic nitrogens is 2. The minimum absolute atomic E-state index is 0.695. The first-order chi connectivity index (χ1) is 17.6. The number of pyridine rings is 1. The van der Waals surface area contributed by atoms with Crippen LogP contribution in [0.15, 0.2) is 61.0 Å². The molecule has 2 heterocycles. The number of ether oxygens (including phenoxy) is 1. The Kier molecular flexibility index (Phi) is 15.5. The van der Waals surface area contributed by atoms with Crippen molar-refractivity contribution >= 4 is 17.4 Å². The number of allylic oxidation sites excluding steroid dienone is 7. The zero-order valence-corrected chi connectivity index (χ0v) is 23.1. The van der Waals surface area contributed by atoms with Crippen LogP contribution in [0.4, 0.5) is 0 Å². The lowest BCUT2D eigenvalue weighted by Gasteiger charge is -2.08. The van der Waals surface area contributed by atoms with Gasteiger partial charge in [0, 0.05) is 48.2 Å². The third-order valence-corrected chi connectivity index (χ3v) is 5.63. The van der Waals surface area contributed by atoms with Gasteiger partial charge in [-0.15, -0.1) is 0 Å². The summed E-state index contributed by atoms with van der Waals surface area (Å²) in [5.74, 6) is 1.07. The summed E-state index contributed by atoms with van der Waals surface area (Å²) in [4.78, 5) is 19.6. The molecule has 0 unspecified atom stereocenters. The highest BCUT2D eigenvalue weighted by Crippen LogP contribution is 2.24. The van der Waals surface area contributed by atoms with Crippen molar-refractivity contribution in [2.45, 2.75) is 66.7 Å². The summed E-state index contributed by atoms with van der Waals surface area (Å²) in [5, 5.41) is 3.12. The molecular weight excluding hydrogens is 446 g/mol. The van der Waals surface area contributed by atoms with Crippen molar-refractivity contribution in [3.05, 3.63) is 89.2 Å². The molecule has 0 atom stereocenters. The number of carbonyl (C=O) groups excluding carboxylic acids is 1. The molecule has 0 spiro atoms. The molecule has 36 heavy (non-hydrogen) atoms. The molecule has 0 saturated heterocycles. The number of nitrogens with zero attached hydrogens (tertiary/aromatic N) is 1. The lowest BCUT2D eigenvalue weighted by atomic mass is 10.0. The number of hydrogen-bond acceptors (Lipinski definition) is 4. The SMILES string of the molecule is C=C(/C=C(\C=C/C)c1cc(C=O)c(CCNC)[nH]1)c1ccc(CCCC/C(=C/C)OCC)nc1.CC. The molecule has 2 N–H and O–H groups in total. The molecule has 0 radical (unpaired) electrons. The van der Waals surface area contributed by atoms with E-state index in [0.29, 0.717) is 5.56 Å². The third kappa shape index (κ3) is 10.2. The van der Waals surface area contributed by atoms with Gasteiger partial charge in [-0.2, -0.15) is 0 Å². The van der Waals surface area contributed by atoms with Crippen LogP contribution >= 0.6 is 0 Å². The quantitative estimate of drug-likeness (QED) is 0.118. The van der Waals surface area contributed by atoms with E-state index < -0.39 is 0 Å². The lowest BCUT2D eigenvalue weighted by molar-refractivity contribution is 0.112. The second-order valence-electron chi connectivity index (χ2n) is 8.15. The van der Waals surface area contributed by atoms with Gasteiger partial charge in [-0.3, -0.25) is 9.78 Å². The maximum Gasteiger partial charge on any atom is 0.151 e. The van der Waals surface area contributed by atoms with Gasteiger partial charge in [0.1, 0.15) is 0 Å². The molecule has 0 aliphatic heterocycles. The number of unbranched alkanes of at least 4 members (excludes halogenated alkanes) is 1. The number of H-pyrrole nitrogens is 1. The monoisotopic (exact) mass is 491 g/mol. The van der Waals surface area contributed by atoms with Gasteiger partial charge in [0.15, 0.2) is 6.29 Å². The lowest BCUT2D eigenvalue weighted by Crippen LogP contribution is -2.11. The maximum atomic E-state index is 11.5. The summed E-state index contributed by atoms with van der Waals surface area (Å²) < 4.78 is 5.60. The Morgan fingerprint density at radius 1 is 1.19 bits per heavy atom. The first kappa shape index (κ1) is 30.9. The van der Waals surface area contributed by atoms with Gasteiger partial charge in [0.05, 0.1) is 12.4 Å². The second kappa shape index (κ2) is 18.1. The van der Waals surface area contributed by atoms with Crippen LogP contribution in [-0.4, -0.2) is 36.5 Å². The topological polar surface area (TPSA) is 67.0 Å². The third-order valence-electron chi connectivity index (χ3n) is 5.63. The number of aromatic amines is 1. The summed E-state index contributed by atoms with van der Waals surface area (Å²) in [5.41, 5.74) is 6.46. The van der Waals surface area contributed by atoms with Gasteiger partial charge in [-0.1, -0.05) is 38.6 Å². The molecule has 0 aliphatic rings. The van der Waals surface area contributed by atoms with E-state index in [4.69, 9.17) is 4.74 Å². The number of aryl methyl sites for hydroxylation is 1. The van der Waals surface area contributed by atoms with Crippen LogP contribution in [0.25, 0.3) is 11.1 Å². The van der Waals surface area contributed by atoms with Crippen molar-refractivity contribution in [3.63, 3.8) is 0 Å². The maximum absolute atomic E-state index is 11.5. The summed E-state index contributed by atoms with van der Waals surface area (Å²) >= 11 is 0. The van der Waals surface area contributed by atoms with Crippen LogP contribution in [0.2, 0.25) is 0 Å². The standard InChI is InChI=1S/C29H39N3O2.C2H6/c1-6-11-23(29-19-25(21-33)28(32-29)16-17-30-5)18-22(4)24-14-15-26(31-20-24)12-9-10-13-27(7-2)34-8-3;1-2/h6-7,11,14-15,18-21,30,32H,4,8-10,12-13,16-17H2,1-3,5H3;1-2H3/b11-6-,23-18+,27-7-;. The molecule has 0 aromatic carbocycles. The summed E-state index contributed by atoms with van der Waals surface area (Å²) in [6.07, 6.45) is 15.7. The molecular formula is C31H45N3O2. The largest absolute Gasteiger partial charge is 0.499 e. The highest BCUT2D eigenvalue weighted by molar-refractivity contribution is 5.88. The Hall–Kier alpha value is -3.18. The van der Waals surface area contributed by atoms with Gasteiger partial charge in [-0.05, 0) is 88.1 Å². The number of hydrogen-bond donors (Lipinski definition) is 2. The fraction of sp³-hybridized carbons (Fsp3) is 0.419. The average molecular weight is 492 g/mol. The molecule has 0 saturated carbocycles. The normalized spacial score (nSPS) is 11.8. The van der Waals surface area contributed by atoms with Gasteiger partial charge >= 0.3 is 0 Å². The van der Waals surface area contributed by atoms with Gasteiger partial charge < -0.3 is 15.0 Å². The highest BCUT2D eigenvalue weighted by Gasteiger charge is 2.10. The summed E-state index contributed by atoms with van der Waals surface area (Å²) in [6.45, 7) is 15.8. The van der Waals surface area contributed by atoms with Gasteiger partial charge in [-0.25, -0.2) is 0 Å². The van der Waals surface area contributed by atoms with E-state index in [1.807, 2.05) is 78.2 Å². The Balaban J connectivity index is 0.00000316. The van der Waals surface area contributed by atoms with E-state index in [1.165, 1.54) is 0 Å². The Morgan fingerprint density at radius 2 is 1.97 bits per heavy atom. The van der Waals surface area contributed by atoms with Crippen LogP contribution < -0.4 is 5.32 Å². The Bertz CT molecular complexity index is 1010. The fourth-order valence-electron chi connectivity index (χ4n) is 3.75. The van der Waals surface area contributed by atoms with Crippen LogP contribution in [-0.2, 0) is 17.6 Å². The Morgan fingerprint density at radius 3 is 2.56 bits per heavy atom. The minimum atomic E-state index is 0.695. The molecule has 5 nitrogen and oxygen atoms in total. The molecule has 5 heteroatoms. The van der Waals surface area contributed by atoms with Crippen molar-refractivity contribution < 1.29 is 9.53 Å². The zero-order valence-electron chi connectivity index (χ0n) is 23.1. The van der Waals surface area contributed by atoms with Crippen molar-refractivity contribution in [2.75, 3.05) is 20.2 Å². The number of likely N-dealkylation sites (N-methyl/N-ethyl adjacent to an activating group) is 1. The predicted octanol–water partition coefficient (Wildman–Crippen LogP) is 7.34. The average Bonchev–Trinajstić information content (AvgIpc) is 3.33. The summed E-state index contributed by atoms with van der Waals surface area (Å²) in [6, 6.07) is 6.07. The molecule has 0 amide bonds. The molecule has 0 fully saturated rings. The van der Waals surface area contributed by atoms with Crippen LogP contribution in [0.3, 0.4) is 0 Å². The van der Waals surface area contributed by atoms with E-state index in [9.17, 15) is 4.79 Å². The van der Waals surface area contributed by atoms with E-state index in [-0.39, 0.29) is 0 Å². The van der Waals surface area contributed by atoms with Crippen molar-refractivity contribution in [1.82, 2.24) is 15.3 Å². The van der Waals surface area contributed by atoms with Crippen molar-refractivity contribution in [3.8, 4) is 0 Å². The number of rotatable bonds is 15. The van der Waals surface area contributed by atoms with Crippen LogP contribution in [0, 0.1) is 0 Å². The molecule has 196 valence electrons. The van der Waals surface area contributed by atoms with Crippen molar-refractivity contribution in [2.24, 2.45) is 0 Å². The fourth-order valence-corrected chi connectivity index (χ4v) is 3.75. The smallest absolute Gasteiger partial charge is 0.151 e. The number of nitrogens with one attached hydrogen (secondary N) is 2. The van der Waals surface area contributed by atoms with E-state index in [1.54, 1.807) is 0 Å². The molecule has 2 aromatic rings. The second-order valence-corrected chi connectivity index (χ2v) is 8.15. The van der Waals surface area contributed by atoms with Crippen LogP contribution in [0.1, 0.15) is 86.9 Å². The van der Waals surface area contributed by atoms with Crippen LogP contribution in [0.5, 0.6) is 0 Å².